The maximum absolute atomic E-state index is 12.7. The van der Waals surface area contributed by atoms with Crippen LogP contribution < -0.4 is 5.32 Å². The average Bonchev–Trinajstić information content (AvgIpc) is 3.40. The number of likely N-dealkylation sites (tertiary alicyclic amines) is 1. The molecule has 6 nitrogen and oxygen atoms in total. The van der Waals surface area contributed by atoms with Gasteiger partial charge in [-0.1, -0.05) is 12.1 Å². The van der Waals surface area contributed by atoms with Crippen LogP contribution in [-0.2, 0) is 4.79 Å². The normalized spacial score (nSPS) is 16.8. The topological polar surface area (TPSA) is 75.4 Å². The lowest BCUT2D eigenvalue weighted by atomic mass is 9.96. The molecular weight excluding hydrogens is 374 g/mol. The smallest absolute Gasteiger partial charge is 0.257 e. The molecule has 28 heavy (non-hydrogen) atoms. The third kappa shape index (κ3) is 3.99. The van der Waals surface area contributed by atoms with E-state index < -0.39 is 0 Å². The summed E-state index contributed by atoms with van der Waals surface area (Å²) in [6, 6.07) is 9.34. The Morgan fingerprint density at radius 1 is 1.25 bits per heavy atom. The third-order valence-corrected chi connectivity index (χ3v) is 5.69. The summed E-state index contributed by atoms with van der Waals surface area (Å²) in [6.45, 7) is 3.06. The zero-order chi connectivity index (χ0) is 19.5. The summed E-state index contributed by atoms with van der Waals surface area (Å²) >= 11 is 1.62. The predicted molar refractivity (Wildman–Crippen MR) is 108 cm³/mol. The molecule has 1 atom stereocenters. The number of aromatic nitrogens is 1. The van der Waals surface area contributed by atoms with Gasteiger partial charge in [-0.3, -0.25) is 9.59 Å². The van der Waals surface area contributed by atoms with Crippen LogP contribution in [0.15, 0.2) is 52.7 Å². The molecule has 0 bridgehead atoms. The fraction of sp³-hybridized carbons (Fsp3) is 0.286. The molecule has 2 aromatic heterocycles. The van der Waals surface area contributed by atoms with Crippen molar-refractivity contribution in [2.24, 2.45) is 5.92 Å². The highest BCUT2D eigenvalue weighted by Gasteiger charge is 2.29. The molecule has 3 aromatic rings. The zero-order valence-electron chi connectivity index (χ0n) is 15.6. The van der Waals surface area contributed by atoms with Gasteiger partial charge in [-0.15, -0.1) is 11.3 Å². The monoisotopic (exact) mass is 395 g/mol. The third-order valence-electron chi connectivity index (χ3n) is 4.91. The Labute approximate surface area is 167 Å². The molecule has 1 aromatic carbocycles. The van der Waals surface area contributed by atoms with E-state index in [1.807, 2.05) is 36.6 Å². The molecule has 144 valence electrons. The van der Waals surface area contributed by atoms with Gasteiger partial charge >= 0.3 is 0 Å². The number of furan rings is 1. The van der Waals surface area contributed by atoms with Crippen LogP contribution in [0.1, 0.15) is 28.2 Å². The summed E-state index contributed by atoms with van der Waals surface area (Å²) in [4.78, 5) is 31.4. The second-order valence-corrected chi connectivity index (χ2v) is 7.98. The molecule has 1 aliphatic rings. The number of hydrogen-bond donors (Lipinski definition) is 1. The second-order valence-electron chi connectivity index (χ2n) is 6.92. The van der Waals surface area contributed by atoms with E-state index in [1.54, 1.807) is 22.3 Å². The summed E-state index contributed by atoms with van der Waals surface area (Å²) in [5, 5.41) is 6.03. The van der Waals surface area contributed by atoms with Gasteiger partial charge in [0.1, 0.15) is 6.26 Å². The number of carbonyl (C=O) groups excluding carboxylic acids is 2. The van der Waals surface area contributed by atoms with Gasteiger partial charge in [0.2, 0.25) is 5.91 Å². The fourth-order valence-electron chi connectivity index (χ4n) is 3.41. The van der Waals surface area contributed by atoms with Crippen molar-refractivity contribution in [1.29, 1.82) is 0 Å². The number of benzene rings is 1. The highest BCUT2D eigenvalue weighted by Crippen LogP contribution is 2.24. The first kappa shape index (κ1) is 18.4. The van der Waals surface area contributed by atoms with Crippen LogP contribution in [0, 0.1) is 12.8 Å². The fourth-order valence-corrected chi connectivity index (χ4v) is 4.03. The molecule has 1 unspecified atom stereocenters. The minimum atomic E-state index is -0.217. The van der Waals surface area contributed by atoms with Crippen LogP contribution in [0.3, 0.4) is 0 Å². The van der Waals surface area contributed by atoms with Crippen molar-refractivity contribution < 1.29 is 14.0 Å². The first-order valence-electron chi connectivity index (χ1n) is 9.25. The number of anilines is 1. The highest BCUT2D eigenvalue weighted by atomic mass is 32.1. The molecule has 0 saturated carbocycles. The first-order chi connectivity index (χ1) is 13.6. The Hall–Kier alpha value is -2.93. The van der Waals surface area contributed by atoms with E-state index >= 15 is 0 Å². The molecule has 1 fully saturated rings. The zero-order valence-corrected chi connectivity index (χ0v) is 16.4. The predicted octanol–water partition coefficient (Wildman–Crippen LogP) is 4.20. The number of nitrogens with zero attached hydrogens (tertiary/aromatic N) is 2. The molecule has 0 radical (unpaired) electrons. The average molecular weight is 395 g/mol. The Bertz CT molecular complexity index is 963. The first-order valence-corrected chi connectivity index (χ1v) is 10.1. The van der Waals surface area contributed by atoms with Gasteiger partial charge in [-0.05, 0) is 38.0 Å². The summed E-state index contributed by atoms with van der Waals surface area (Å²) in [5.41, 5.74) is 3.24. The minimum Gasteiger partial charge on any atom is -0.472 e. The molecule has 0 aliphatic carbocycles. The van der Waals surface area contributed by atoms with Crippen LogP contribution in [-0.4, -0.2) is 34.8 Å². The molecular formula is C21H21N3O3S. The lowest BCUT2D eigenvalue weighted by Gasteiger charge is -2.31. The van der Waals surface area contributed by atoms with Crippen LogP contribution in [0.25, 0.3) is 11.3 Å². The number of piperidine rings is 1. The number of amides is 2. The second kappa shape index (κ2) is 7.98. The Morgan fingerprint density at radius 3 is 2.75 bits per heavy atom. The van der Waals surface area contributed by atoms with E-state index in [4.69, 9.17) is 4.42 Å². The van der Waals surface area contributed by atoms with Crippen molar-refractivity contribution in [2.45, 2.75) is 19.8 Å². The van der Waals surface area contributed by atoms with Crippen molar-refractivity contribution >= 4 is 28.8 Å². The van der Waals surface area contributed by atoms with E-state index in [2.05, 4.69) is 10.3 Å². The van der Waals surface area contributed by atoms with E-state index in [9.17, 15) is 9.59 Å². The maximum atomic E-state index is 12.7. The molecule has 1 aliphatic heterocycles. The van der Waals surface area contributed by atoms with E-state index in [1.165, 1.54) is 12.5 Å². The van der Waals surface area contributed by atoms with Gasteiger partial charge in [0, 0.05) is 29.7 Å². The van der Waals surface area contributed by atoms with E-state index in [0.717, 1.165) is 34.8 Å². The number of carbonyl (C=O) groups is 2. The molecule has 4 rings (SSSR count). The quantitative estimate of drug-likeness (QED) is 0.718. The summed E-state index contributed by atoms with van der Waals surface area (Å²) < 4.78 is 4.99. The summed E-state index contributed by atoms with van der Waals surface area (Å²) in [6.07, 6.45) is 4.51. The highest BCUT2D eigenvalue weighted by molar-refractivity contribution is 7.09. The van der Waals surface area contributed by atoms with Gasteiger partial charge in [0.25, 0.3) is 5.91 Å². The number of hydrogen-bond acceptors (Lipinski definition) is 5. The lowest BCUT2D eigenvalue weighted by molar-refractivity contribution is -0.121. The van der Waals surface area contributed by atoms with Crippen molar-refractivity contribution in [3.8, 4) is 11.3 Å². The maximum Gasteiger partial charge on any atom is 0.257 e. The minimum absolute atomic E-state index is 0.0538. The molecule has 0 spiro atoms. The van der Waals surface area contributed by atoms with Crippen molar-refractivity contribution in [2.75, 3.05) is 18.4 Å². The van der Waals surface area contributed by atoms with E-state index in [0.29, 0.717) is 18.7 Å². The molecule has 2 amide bonds. The van der Waals surface area contributed by atoms with Crippen LogP contribution in [0.4, 0.5) is 5.69 Å². The SMILES string of the molecule is Cc1nc(-c2ccc(NC(=O)C3CCCN(C(=O)c4ccoc4)C3)cc2)cs1. The summed E-state index contributed by atoms with van der Waals surface area (Å²) in [5.74, 6) is -0.360. The Balaban J connectivity index is 1.38. The molecule has 7 heteroatoms. The Morgan fingerprint density at radius 2 is 2.07 bits per heavy atom. The van der Waals surface area contributed by atoms with Gasteiger partial charge in [-0.25, -0.2) is 4.98 Å². The van der Waals surface area contributed by atoms with Crippen LogP contribution in [0.2, 0.25) is 0 Å². The molecule has 1 saturated heterocycles. The van der Waals surface area contributed by atoms with Crippen molar-refractivity contribution in [1.82, 2.24) is 9.88 Å². The van der Waals surface area contributed by atoms with Crippen molar-refractivity contribution in [3.05, 3.63) is 58.8 Å². The van der Waals surface area contributed by atoms with Crippen LogP contribution in [0.5, 0.6) is 0 Å². The number of thiazole rings is 1. The lowest BCUT2D eigenvalue weighted by Crippen LogP contribution is -2.43. The molecule has 1 N–H and O–H groups in total. The largest absolute Gasteiger partial charge is 0.472 e. The number of rotatable bonds is 4. The van der Waals surface area contributed by atoms with Crippen molar-refractivity contribution in [3.63, 3.8) is 0 Å². The van der Waals surface area contributed by atoms with Gasteiger partial charge < -0.3 is 14.6 Å². The van der Waals surface area contributed by atoms with Gasteiger partial charge in [0.15, 0.2) is 0 Å². The summed E-state index contributed by atoms with van der Waals surface area (Å²) in [7, 11) is 0. The number of aryl methyl sites for hydroxylation is 1. The van der Waals surface area contributed by atoms with E-state index in [-0.39, 0.29) is 17.7 Å². The Kier molecular flexibility index (Phi) is 5.25. The van der Waals surface area contributed by atoms with Gasteiger partial charge in [0.05, 0.1) is 28.4 Å². The van der Waals surface area contributed by atoms with Crippen LogP contribution >= 0.6 is 11.3 Å². The standard InChI is InChI=1S/C21H21N3O3S/c1-14-22-19(13-28-14)15-4-6-18(7-5-15)23-20(25)16-3-2-9-24(11-16)21(26)17-8-10-27-12-17/h4-8,10,12-13,16H,2-3,9,11H2,1H3,(H,23,25). The number of nitrogens with one attached hydrogen (secondary N) is 1. The molecule has 3 heterocycles. The van der Waals surface area contributed by atoms with Gasteiger partial charge in [-0.2, -0.15) is 0 Å².